The van der Waals surface area contributed by atoms with Gasteiger partial charge in [-0.1, -0.05) is 18.6 Å². The lowest BCUT2D eigenvalue weighted by Crippen LogP contribution is -2.52. The number of amides is 1. The van der Waals surface area contributed by atoms with Gasteiger partial charge in [0, 0.05) is 12.8 Å². The number of benzene rings is 1. The second-order valence-corrected chi connectivity index (χ2v) is 7.08. The Bertz CT molecular complexity index is 690. The van der Waals surface area contributed by atoms with E-state index in [1.165, 1.54) is 19.3 Å². The van der Waals surface area contributed by atoms with Gasteiger partial charge in [-0.15, -0.1) is 0 Å². The highest BCUT2D eigenvalue weighted by atomic mass is 16.5. The third kappa shape index (κ3) is 3.85. The maximum absolute atomic E-state index is 12.4. The van der Waals surface area contributed by atoms with Gasteiger partial charge in [-0.3, -0.25) is 9.69 Å². The molecule has 25 heavy (non-hydrogen) atoms. The minimum absolute atomic E-state index is 0.0814. The van der Waals surface area contributed by atoms with Crippen LogP contribution >= 0.6 is 0 Å². The quantitative estimate of drug-likeness (QED) is 0.870. The molecule has 2 aliphatic heterocycles. The highest BCUT2D eigenvalue weighted by molar-refractivity contribution is 5.77. The Morgan fingerprint density at radius 2 is 2.08 bits per heavy atom. The maximum atomic E-state index is 12.4. The predicted molar refractivity (Wildman–Crippen MR) is 96.4 cm³/mol. The zero-order valence-corrected chi connectivity index (χ0v) is 14.5. The van der Waals surface area contributed by atoms with Crippen molar-refractivity contribution in [3.8, 4) is 0 Å². The van der Waals surface area contributed by atoms with Gasteiger partial charge in [0.1, 0.15) is 5.82 Å². The Labute approximate surface area is 147 Å². The molecular weight excluding hydrogens is 316 g/mol. The molecule has 0 radical (unpaired) electrons. The van der Waals surface area contributed by atoms with E-state index in [-0.39, 0.29) is 11.9 Å². The number of nitrogens with zero attached hydrogens (tertiary/aromatic N) is 2. The van der Waals surface area contributed by atoms with Gasteiger partial charge < -0.3 is 15.0 Å². The molecule has 0 saturated carbocycles. The second kappa shape index (κ2) is 7.54. The van der Waals surface area contributed by atoms with Crippen LogP contribution in [0.25, 0.3) is 11.0 Å². The molecule has 2 N–H and O–H groups in total. The molecule has 1 amide bonds. The van der Waals surface area contributed by atoms with Gasteiger partial charge in [0.25, 0.3) is 0 Å². The van der Waals surface area contributed by atoms with Crippen molar-refractivity contribution in [1.29, 1.82) is 0 Å². The monoisotopic (exact) mass is 342 g/mol. The summed E-state index contributed by atoms with van der Waals surface area (Å²) in [5.74, 6) is 0.949. The summed E-state index contributed by atoms with van der Waals surface area (Å²) in [5, 5.41) is 3.18. The lowest BCUT2D eigenvalue weighted by Gasteiger charge is -2.34. The SMILES string of the molecule is O=C(CCc1nc2ccccc2[nH]1)NC1COCC1N1CCCCC1. The van der Waals surface area contributed by atoms with Gasteiger partial charge in [0.2, 0.25) is 5.91 Å². The third-order valence-electron chi connectivity index (χ3n) is 5.28. The molecule has 134 valence electrons. The molecule has 3 heterocycles. The first-order chi connectivity index (χ1) is 12.3. The van der Waals surface area contributed by atoms with Gasteiger partial charge in [-0.2, -0.15) is 0 Å². The van der Waals surface area contributed by atoms with Gasteiger partial charge >= 0.3 is 0 Å². The summed E-state index contributed by atoms with van der Waals surface area (Å²) in [6, 6.07) is 8.38. The molecule has 4 rings (SSSR count). The van der Waals surface area contributed by atoms with Crippen molar-refractivity contribution in [1.82, 2.24) is 20.2 Å². The number of ether oxygens (including phenoxy) is 1. The van der Waals surface area contributed by atoms with Gasteiger partial charge in [0.15, 0.2) is 0 Å². The number of aryl methyl sites for hydroxylation is 1. The Hall–Kier alpha value is -1.92. The molecule has 2 aliphatic rings. The normalized spacial score (nSPS) is 24.6. The summed E-state index contributed by atoms with van der Waals surface area (Å²) in [6.45, 7) is 3.60. The number of imidazole rings is 1. The number of carbonyl (C=O) groups is 1. The first-order valence-electron chi connectivity index (χ1n) is 9.34. The van der Waals surface area contributed by atoms with Crippen LogP contribution in [0.15, 0.2) is 24.3 Å². The van der Waals surface area contributed by atoms with Crippen molar-refractivity contribution in [2.45, 2.75) is 44.2 Å². The van der Waals surface area contributed by atoms with Crippen molar-refractivity contribution >= 4 is 16.9 Å². The van der Waals surface area contributed by atoms with Crippen molar-refractivity contribution in [2.24, 2.45) is 0 Å². The number of para-hydroxylation sites is 2. The van der Waals surface area contributed by atoms with Crippen molar-refractivity contribution in [2.75, 3.05) is 26.3 Å². The van der Waals surface area contributed by atoms with Crippen LogP contribution in [0, 0.1) is 0 Å². The van der Waals surface area contributed by atoms with Crippen LogP contribution in [0.2, 0.25) is 0 Å². The molecule has 2 unspecified atom stereocenters. The number of nitrogens with one attached hydrogen (secondary N) is 2. The Balaban J connectivity index is 1.30. The molecule has 2 atom stereocenters. The van der Waals surface area contributed by atoms with E-state index in [9.17, 15) is 4.79 Å². The van der Waals surface area contributed by atoms with E-state index in [2.05, 4.69) is 20.2 Å². The van der Waals surface area contributed by atoms with Gasteiger partial charge in [-0.25, -0.2) is 4.98 Å². The van der Waals surface area contributed by atoms with E-state index in [1.54, 1.807) is 0 Å². The number of carbonyl (C=O) groups excluding carboxylic acids is 1. The zero-order chi connectivity index (χ0) is 17.1. The van der Waals surface area contributed by atoms with E-state index in [4.69, 9.17) is 4.74 Å². The fraction of sp³-hybridized carbons (Fsp3) is 0.579. The highest BCUT2D eigenvalue weighted by Gasteiger charge is 2.34. The van der Waals surface area contributed by atoms with Crippen LogP contribution in [0.1, 0.15) is 31.5 Å². The lowest BCUT2D eigenvalue weighted by atomic mass is 10.0. The number of hydrogen-bond donors (Lipinski definition) is 2. The molecule has 1 aromatic heterocycles. The molecule has 6 heteroatoms. The first-order valence-corrected chi connectivity index (χ1v) is 9.34. The molecular formula is C19H26N4O2. The van der Waals surface area contributed by atoms with Crippen LogP contribution in [-0.4, -0.2) is 59.2 Å². The van der Waals surface area contributed by atoms with E-state index >= 15 is 0 Å². The third-order valence-corrected chi connectivity index (χ3v) is 5.28. The highest BCUT2D eigenvalue weighted by Crippen LogP contribution is 2.19. The second-order valence-electron chi connectivity index (χ2n) is 7.08. The molecule has 0 bridgehead atoms. The molecule has 6 nitrogen and oxygen atoms in total. The van der Waals surface area contributed by atoms with Crippen molar-refractivity contribution in [3.63, 3.8) is 0 Å². The largest absolute Gasteiger partial charge is 0.378 e. The first kappa shape index (κ1) is 16.5. The summed E-state index contributed by atoms with van der Waals surface area (Å²) in [5.41, 5.74) is 1.97. The van der Waals surface area contributed by atoms with Crippen molar-refractivity contribution in [3.05, 3.63) is 30.1 Å². The van der Waals surface area contributed by atoms with E-state index in [0.717, 1.165) is 36.6 Å². The van der Waals surface area contributed by atoms with E-state index < -0.39 is 0 Å². The number of H-pyrrole nitrogens is 1. The van der Waals surface area contributed by atoms with E-state index in [1.807, 2.05) is 24.3 Å². The number of piperidine rings is 1. The average molecular weight is 342 g/mol. The number of fused-ring (bicyclic) bond motifs is 1. The molecule has 2 aromatic rings. The van der Waals surface area contributed by atoms with Crippen LogP contribution in [0.3, 0.4) is 0 Å². The molecule has 2 fully saturated rings. The van der Waals surface area contributed by atoms with Crippen LogP contribution in [0.4, 0.5) is 0 Å². The minimum atomic E-state index is 0.0814. The van der Waals surface area contributed by atoms with Crippen LogP contribution in [-0.2, 0) is 16.0 Å². The standard InChI is InChI=1S/C19H26N4O2/c24-19(9-8-18-20-14-6-2-3-7-15(14)21-18)22-16-12-25-13-17(16)23-10-4-1-5-11-23/h2-3,6-7,16-17H,1,4-5,8-13H2,(H,20,21)(H,22,24). The molecule has 2 saturated heterocycles. The smallest absolute Gasteiger partial charge is 0.220 e. The summed E-state index contributed by atoms with van der Waals surface area (Å²) in [7, 11) is 0. The topological polar surface area (TPSA) is 70.2 Å². The van der Waals surface area contributed by atoms with Crippen LogP contribution in [0.5, 0.6) is 0 Å². The molecule has 0 aliphatic carbocycles. The minimum Gasteiger partial charge on any atom is -0.378 e. The Morgan fingerprint density at radius 3 is 2.92 bits per heavy atom. The summed E-state index contributed by atoms with van der Waals surface area (Å²) in [6.07, 6.45) is 4.90. The number of likely N-dealkylation sites (tertiary alicyclic amines) is 1. The molecule has 1 aromatic carbocycles. The summed E-state index contributed by atoms with van der Waals surface area (Å²) < 4.78 is 5.65. The lowest BCUT2D eigenvalue weighted by molar-refractivity contribution is -0.122. The van der Waals surface area contributed by atoms with Crippen LogP contribution < -0.4 is 5.32 Å². The zero-order valence-electron chi connectivity index (χ0n) is 14.5. The summed E-state index contributed by atoms with van der Waals surface area (Å²) >= 11 is 0. The summed E-state index contributed by atoms with van der Waals surface area (Å²) in [4.78, 5) is 22.7. The Kier molecular flexibility index (Phi) is 4.99. The number of aromatic nitrogens is 2. The van der Waals surface area contributed by atoms with Gasteiger partial charge in [0.05, 0.1) is 36.3 Å². The van der Waals surface area contributed by atoms with E-state index in [0.29, 0.717) is 25.5 Å². The maximum Gasteiger partial charge on any atom is 0.220 e. The Morgan fingerprint density at radius 1 is 1.24 bits per heavy atom. The number of aromatic amines is 1. The number of rotatable bonds is 5. The average Bonchev–Trinajstić information content (AvgIpc) is 3.27. The van der Waals surface area contributed by atoms with Crippen molar-refractivity contribution < 1.29 is 9.53 Å². The van der Waals surface area contributed by atoms with Gasteiger partial charge in [-0.05, 0) is 38.1 Å². The fourth-order valence-corrected chi connectivity index (χ4v) is 3.93. The number of hydrogen-bond acceptors (Lipinski definition) is 4. The predicted octanol–water partition coefficient (Wildman–Crippen LogP) is 1.86. The molecule has 0 spiro atoms. The fourth-order valence-electron chi connectivity index (χ4n) is 3.93.